The van der Waals surface area contributed by atoms with Gasteiger partial charge in [-0.15, -0.1) is 0 Å². The minimum atomic E-state index is -4.02. The Morgan fingerprint density at radius 1 is 1.00 bits per heavy atom. The first-order chi connectivity index (χ1) is 17.1. The minimum absolute atomic E-state index is 0.0968. The SMILES string of the molecule is COc1cc(/C=N/NC(=O)CN(c2ccc(C)cc2C)S(=O)(=O)c2ccc(C)cc2)cc(Br)c1OC. The molecular formula is C26H28BrN3O5S. The molecule has 0 heterocycles. The van der Waals surface area contributed by atoms with Crippen molar-refractivity contribution in [2.45, 2.75) is 25.7 Å². The van der Waals surface area contributed by atoms with E-state index in [9.17, 15) is 13.2 Å². The second-order valence-corrected chi connectivity index (χ2v) is 10.9. The van der Waals surface area contributed by atoms with Gasteiger partial charge in [-0.1, -0.05) is 35.4 Å². The summed E-state index contributed by atoms with van der Waals surface area (Å²) in [5.74, 6) is 0.426. The van der Waals surface area contributed by atoms with Gasteiger partial charge in [0.2, 0.25) is 0 Å². The number of carbonyl (C=O) groups is 1. The Balaban J connectivity index is 1.87. The highest BCUT2D eigenvalue weighted by Gasteiger charge is 2.28. The molecule has 8 nitrogen and oxygen atoms in total. The first-order valence-electron chi connectivity index (χ1n) is 11.0. The average Bonchev–Trinajstić information content (AvgIpc) is 2.83. The summed E-state index contributed by atoms with van der Waals surface area (Å²) in [7, 11) is -0.969. The molecule has 0 atom stereocenters. The van der Waals surface area contributed by atoms with Crippen molar-refractivity contribution in [3.63, 3.8) is 0 Å². The number of methoxy groups -OCH3 is 2. The van der Waals surface area contributed by atoms with Gasteiger partial charge in [-0.2, -0.15) is 5.10 Å². The molecule has 0 bridgehead atoms. The number of sulfonamides is 1. The van der Waals surface area contributed by atoms with Crippen LogP contribution in [0.5, 0.6) is 11.5 Å². The smallest absolute Gasteiger partial charge is 0.264 e. The Morgan fingerprint density at radius 2 is 1.67 bits per heavy atom. The Kier molecular flexibility index (Phi) is 8.75. The van der Waals surface area contributed by atoms with Crippen LogP contribution in [0.15, 0.2) is 69.1 Å². The molecule has 0 radical (unpaired) electrons. The number of aryl methyl sites for hydroxylation is 3. The maximum absolute atomic E-state index is 13.6. The van der Waals surface area contributed by atoms with Crippen molar-refractivity contribution in [2.75, 3.05) is 25.1 Å². The van der Waals surface area contributed by atoms with Crippen LogP contribution in [0.2, 0.25) is 0 Å². The highest BCUT2D eigenvalue weighted by atomic mass is 79.9. The van der Waals surface area contributed by atoms with Gasteiger partial charge in [0, 0.05) is 0 Å². The van der Waals surface area contributed by atoms with Gasteiger partial charge < -0.3 is 9.47 Å². The van der Waals surface area contributed by atoms with E-state index in [4.69, 9.17) is 9.47 Å². The summed E-state index contributed by atoms with van der Waals surface area (Å²) in [5.41, 5.74) is 6.13. The molecule has 0 aliphatic rings. The first-order valence-corrected chi connectivity index (χ1v) is 13.2. The van der Waals surface area contributed by atoms with E-state index in [0.717, 1.165) is 21.0 Å². The van der Waals surface area contributed by atoms with Crippen molar-refractivity contribution < 1.29 is 22.7 Å². The minimum Gasteiger partial charge on any atom is -0.493 e. The fourth-order valence-electron chi connectivity index (χ4n) is 3.58. The van der Waals surface area contributed by atoms with Crippen LogP contribution in [0.4, 0.5) is 5.69 Å². The molecular weight excluding hydrogens is 546 g/mol. The van der Waals surface area contributed by atoms with E-state index in [-0.39, 0.29) is 4.90 Å². The third-order valence-electron chi connectivity index (χ3n) is 5.38. The quantitative estimate of drug-likeness (QED) is 0.294. The van der Waals surface area contributed by atoms with Gasteiger partial charge in [-0.3, -0.25) is 9.10 Å². The third-order valence-corrected chi connectivity index (χ3v) is 7.74. The van der Waals surface area contributed by atoms with Gasteiger partial charge in [-0.25, -0.2) is 13.8 Å². The largest absolute Gasteiger partial charge is 0.493 e. The molecule has 3 aromatic carbocycles. The van der Waals surface area contributed by atoms with Crippen LogP contribution in [0.1, 0.15) is 22.3 Å². The fourth-order valence-corrected chi connectivity index (χ4v) is 5.69. The van der Waals surface area contributed by atoms with Gasteiger partial charge >= 0.3 is 0 Å². The standard InChI is InChI=1S/C26H28BrN3O5S/c1-17-6-9-21(10-7-17)36(32,33)30(23-11-8-18(2)12-19(23)3)16-25(31)29-28-15-20-13-22(27)26(35-5)24(14-20)34-4/h6-15H,16H2,1-5H3,(H,29,31)/b28-15+. The lowest BCUT2D eigenvalue weighted by Crippen LogP contribution is -2.40. The molecule has 0 aliphatic carbocycles. The number of hydrazone groups is 1. The van der Waals surface area contributed by atoms with Gasteiger partial charge in [0.25, 0.3) is 15.9 Å². The molecule has 1 N–H and O–H groups in total. The predicted molar refractivity (Wildman–Crippen MR) is 145 cm³/mol. The Morgan fingerprint density at radius 3 is 2.28 bits per heavy atom. The number of nitrogens with one attached hydrogen (secondary N) is 1. The zero-order chi connectivity index (χ0) is 26.5. The van der Waals surface area contributed by atoms with Crippen molar-refractivity contribution in [2.24, 2.45) is 5.10 Å². The lowest BCUT2D eigenvalue weighted by atomic mass is 10.1. The van der Waals surface area contributed by atoms with Crippen molar-refractivity contribution in [1.29, 1.82) is 0 Å². The summed E-state index contributed by atoms with van der Waals surface area (Å²) < 4.78 is 39.5. The van der Waals surface area contributed by atoms with Crippen molar-refractivity contribution in [3.8, 4) is 11.5 Å². The molecule has 0 fully saturated rings. The Hall–Kier alpha value is -3.37. The second kappa shape index (κ2) is 11.6. The lowest BCUT2D eigenvalue weighted by Gasteiger charge is -2.25. The molecule has 0 saturated heterocycles. The molecule has 0 unspecified atom stereocenters. The van der Waals surface area contributed by atoms with E-state index in [2.05, 4.69) is 26.5 Å². The Labute approximate surface area is 220 Å². The molecule has 3 aromatic rings. The van der Waals surface area contributed by atoms with E-state index in [0.29, 0.717) is 27.2 Å². The van der Waals surface area contributed by atoms with Crippen LogP contribution in [-0.4, -0.2) is 41.3 Å². The van der Waals surface area contributed by atoms with Gasteiger partial charge in [-0.05, 0) is 78.2 Å². The van der Waals surface area contributed by atoms with E-state index < -0.39 is 22.5 Å². The van der Waals surface area contributed by atoms with Gasteiger partial charge in [0.1, 0.15) is 6.54 Å². The number of ether oxygens (including phenoxy) is 2. The molecule has 0 spiro atoms. The maximum Gasteiger partial charge on any atom is 0.264 e. The number of nitrogens with zero attached hydrogens (tertiary/aromatic N) is 2. The molecule has 0 aliphatic heterocycles. The van der Waals surface area contributed by atoms with Crippen LogP contribution in [0.3, 0.4) is 0 Å². The predicted octanol–water partition coefficient (Wildman–Crippen LogP) is 4.74. The van der Waals surface area contributed by atoms with Crippen LogP contribution >= 0.6 is 15.9 Å². The summed E-state index contributed by atoms with van der Waals surface area (Å²) in [5, 5.41) is 4.00. The van der Waals surface area contributed by atoms with Gasteiger partial charge in [0.15, 0.2) is 11.5 Å². The molecule has 0 saturated carbocycles. The Bertz CT molecular complexity index is 1390. The monoisotopic (exact) mass is 573 g/mol. The number of hydrogen-bond donors (Lipinski definition) is 1. The lowest BCUT2D eigenvalue weighted by molar-refractivity contribution is -0.119. The van der Waals surface area contributed by atoms with E-state index in [1.165, 1.54) is 32.6 Å². The highest BCUT2D eigenvalue weighted by Crippen LogP contribution is 2.35. The zero-order valence-electron chi connectivity index (χ0n) is 20.7. The van der Waals surface area contributed by atoms with Crippen molar-refractivity contribution in [3.05, 3.63) is 81.3 Å². The van der Waals surface area contributed by atoms with E-state index >= 15 is 0 Å². The first kappa shape index (κ1) is 27.2. The van der Waals surface area contributed by atoms with Crippen LogP contribution in [-0.2, 0) is 14.8 Å². The summed E-state index contributed by atoms with van der Waals surface area (Å²) in [4.78, 5) is 12.9. The second-order valence-electron chi connectivity index (χ2n) is 8.15. The summed E-state index contributed by atoms with van der Waals surface area (Å²) >= 11 is 3.41. The number of amides is 1. The molecule has 36 heavy (non-hydrogen) atoms. The molecule has 10 heteroatoms. The topological polar surface area (TPSA) is 97.3 Å². The molecule has 3 rings (SSSR count). The number of carbonyl (C=O) groups excluding carboxylic acids is 1. The summed E-state index contributed by atoms with van der Waals surface area (Å²) in [6.07, 6.45) is 1.43. The molecule has 190 valence electrons. The number of hydrogen-bond acceptors (Lipinski definition) is 6. The molecule has 0 aromatic heterocycles. The van der Waals surface area contributed by atoms with Crippen molar-refractivity contribution >= 4 is 43.8 Å². The highest BCUT2D eigenvalue weighted by molar-refractivity contribution is 9.10. The molecule has 1 amide bonds. The number of anilines is 1. The number of halogens is 1. The van der Waals surface area contributed by atoms with E-state index in [1.54, 1.807) is 30.3 Å². The number of rotatable bonds is 9. The fraction of sp³-hybridized carbons (Fsp3) is 0.231. The van der Waals surface area contributed by atoms with Gasteiger partial charge in [0.05, 0.1) is 35.5 Å². The maximum atomic E-state index is 13.6. The normalized spacial score (nSPS) is 11.4. The van der Waals surface area contributed by atoms with Crippen LogP contribution < -0.4 is 19.2 Å². The van der Waals surface area contributed by atoms with Crippen LogP contribution in [0, 0.1) is 20.8 Å². The van der Waals surface area contributed by atoms with Crippen LogP contribution in [0.25, 0.3) is 0 Å². The summed E-state index contributed by atoms with van der Waals surface area (Å²) in [6, 6.07) is 15.3. The summed E-state index contributed by atoms with van der Waals surface area (Å²) in [6.45, 7) is 5.16. The van der Waals surface area contributed by atoms with Crippen molar-refractivity contribution in [1.82, 2.24) is 5.43 Å². The zero-order valence-corrected chi connectivity index (χ0v) is 23.1. The third kappa shape index (κ3) is 6.24. The number of benzene rings is 3. The van der Waals surface area contributed by atoms with E-state index in [1.807, 2.05) is 32.9 Å². The average molecular weight is 574 g/mol.